The molecule has 2 N–H and O–H groups in total. The molecular formula is C13H18FNO5S. The smallest absolute Gasteiger partial charge is 0.321 e. The molecule has 0 aliphatic rings. The molecule has 0 amide bonds. The van der Waals surface area contributed by atoms with Gasteiger partial charge in [0.15, 0.2) is 0 Å². The molecule has 21 heavy (non-hydrogen) atoms. The minimum absolute atomic E-state index is 0.0801. The lowest BCUT2D eigenvalue weighted by Crippen LogP contribution is -2.41. The number of carboxylic acid groups (broad SMARTS) is 1. The van der Waals surface area contributed by atoms with Crippen LogP contribution in [0.4, 0.5) is 4.39 Å². The molecule has 8 heteroatoms. The minimum atomic E-state index is -4.11. The summed E-state index contributed by atoms with van der Waals surface area (Å²) in [4.78, 5) is 10.8. The van der Waals surface area contributed by atoms with Gasteiger partial charge in [0.1, 0.15) is 11.9 Å². The fourth-order valence-corrected chi connectivity index (χ4v) is 3.26. The lowest BCUT2D eigenvalue weighted by molar-refractivity contribution is -0.139. The highest BCUT2D eigenvalue weighted by molar-refractivity contribution is 7.89. The van der Waals surface area contributed by atoms with Crippen LogP contribution in [0.25, 0.3) is 0 Å². The first-order valence-corrected chi connectivity index (χ1v) is 7.76. The number of nitrogens with one attached hydrogen (secondary N) is 1. The first-order valence-electron chi connectivity index (χ1n) is 6.28. The zero-order valence-electron chi connectivity index (χ0n) is 11.8. The molecule has 0 radical (unpaired) electrons. The van der Waals surface area contributed by atoms with Crippen molar-refractivity contribution >= 4 is 16.0 Å². The van der Waals surface area contributed by atoms with Gasteiger partial charge < -0.3 is 9.84 Å². The number of carbonyl (C=O) groups is 1. The molecule has 1 aromatic carbocycles. The summed E-state index contributed by atoms with van der Waals surface area (Å²) in [6, 6.07) is 2.05. The van der Waals surface area contributed by atoms with Crippen molar-refractivity contribution in [2.45, 2.75) is 30.7 Å². The van der Waals surface area contributed by atoms with Gasteiger partial charge >= 0.3 is 5.97 Å². The van der Waals surface area contributed by atoms with E-state index in [0.717, 1.165) is 12.1 Å². The number of sulfonamides is 1. The Morgan fingerprint density at radius 2 is 2.14 bits per heavy atom. The molecule has 1 rings (SSSR count). The van der Waals surface area contributed by atoms with Crippen molar-refractivity contribution in [2.24, 2.45) is 0 Å². The second-order valence-corrected chi connectivity index (χ2v) is 6.24. The van der Waals surface area contributed by atoms with Crippen LogP contribution in [-0.4, -0.2) is 39.3 Å². The molecule has 0 aliphatic heterocycles. The zero-order valence-corrected chi connectivity index (χ0v) is 12.6. The van der Waals surface area contributed by atoms with Crippen LogP contribution in [0.5, 0.6) is 0 Å². The Morgan fingerprint density at radius 3 is 2.71 bits per heavy atom. The maximum absolute atomic E-state index is 13.2. The molecule has 0 heterocycles. The van der Waals surface area contributed by atoms with Gasteiger partial charge in [-0.2, -0.15) is 4.72 Å². The summed E-state index contributed by atoms with van der Waals surface area (Å²) in [6.45, 7) is 1.83. The molecule has 0 spiro atoms. The van der Waals surface area contributed by atoms with Gasteiger partial charge in [0.05, 0.1) is 4.90 Å². The molecule has 1 unspecified atom stereocenters. The first-order chi connectivity index (χ1) is 9.77. The van der Waals surface area contributed by atoms with Gasteiger partial charge in [-0.1, -0.05) is 6.07 Å². The second kappa shape index (κ2) is 7.48. The van der Waals surface area contributed by atoms with Crippen molar-refractivity contribution in [1.29, 1.82) is 0 Å². The number of hydrogen-bond donors (Lipinski definition) is 2. The van der Waals surface area contributed by atoms with E-state index < -0.39 is 27.9 Å². The summed E-state index contributed by atoms with van der Waals surface area (Å²) >= 11 is 0. The van der Waals surface area contributed by atoms with Crippen molar-refractivity contribution in [3.63, 3.8) is 0 Å². The SMILES string of the molecule is COCCCC(NS(=O)(=O)c1cc(F)ccc1C)C(=O)O. The van der Waals surface area contributed by atoms with Gasteiger partial charge in [0.2, 0.25) is 10.0 Å². The van der Waals surface area contributed by atoms with E-state index in [1.165, 1.54) is 20.1 Å². The van der Waals surface area contributed by atoms with Crippen LogP contribution in [0.3, 0.4) is 0 Å². The van der Waals surface area contributed by atoms with Crippen LogP contribution in [0.2, 0.25) is 0 Å². The Labute approximate surface area is 123 Å². The molecule has 118 valence electrons. The highest BCUT2D eigenvalue weighted by Gasteiger charge is 2.26. The van der Waals surface area contributed by atoms with Crippen LogP contribution in [-0.2, 0) is 19.6 Å². The largest absolute Gasteiger partial charge is 0.480 e. The number of rotatable bonds is 8. The number of methoxy groups -OCH3 is 1. The van der Waals surface area contributed by atoms with E-state index in [-0.39, 0.29) is 11.3 Å². The number of halogens is 1. The molecule has 0 saturated carbocycles. The zero-order chi connectivity index (χ0) is 16.0. The summed E-state index contributed by atoms with van der Waals surface area (Å²) < 4.78 is 44.4. The lowest BCUT2D eigenvalue weighted by Gasteiger charge is -2.15. The third-order valence-electron chi connectivity index (χ3n) is 2.88. The summed E-state index contributed by atoms with van der Waals surface area (Å²) in [5.74, 6) is -1.99. The van der Waals surface area contributed by atoms with Gasteiger partial charge in [-0.15, -0.1) is 0 Å². The van der Waals surface area contributed by atoms with E-state index in [4.69, 9.17) is 9.84 Å². The van der Waals surface area contributed by atoms with Crippen molar-refractivity contribution in [3.8, 4) is 0 Å². The molecule has 1 aromatic rings. The van der Waals surface area contributed by atoms with Crippen LogP contribution < -0.4 is 4.72 Å². The van der Waals surface area contributed by atoms with Crippen molar-refractivity contribution < 1.29 is 27.4 Å². The minimum Gasteiger partial charge on any atom is -0.480 e. The highest BCUT2D eigenvalue weighted by atomic mass is 32.2. The maximum Gasteiger partial charge on any atom is 0.321 e. The average Bonchev–Trinajstić information content (AvgIpc) is 2.40. The predicted octanol–water partition coefficient (Wildman–Crippen LogP) is 1.29. The molecular weight excluding hydrogens is 301 g/mol. The molecule has 0 bridgehead atoms. The van der Waals surface area contributed by atoms with Gasteiger partial charge in [0.25, 0.3) is 0 Å². The number of aryl methyl sites for hydroxylation is 1. The Hall–Kier alpha value is -1.51. The molecule has 0 fully saturated rings. The van der Waals surface area contributed by atoms with E-state index in [2.05, 4.69) is 4.72 Å². The number of carboxylic acids is 1. The Balaban J connectivity index is 2.95. The molecule has 6 nitrogen and oxygen atoms in total. The average molecular weight is 319 g/mol. The number of aliphatic carboxylic acids is 1. The van der Waals surface area contributed by atoms with Gasteiger partial charge in [-0.05, 0) is 37.5 Å². The van der Waals surface area contributed by atoms with Crippen molar-refractivity contribution in [2.75, 3.05) is 13.7 Å². The standard InChI is InChI=1S/C13H18FNO5S/c1-9-5-6-10(14)8-12(9)21(18,19)15-11(13(16)17)4-3-7-20-2/h5-6,8,11,15H,3-4,7H2,1-2H3,(H,16,17). The van der Waals surface area contributed by atoms with Crippen molar-refractivity contribution in [3.05, 3.63) is 29.6 Å². The monoisotopic (exact) mass is 319 g/mol. The molecule has 0 saturated heterocycles. The third kappa shape index (κ3) is 5.07. The lowest BCUT2D eigenvalue weighted by atomic mass is 10.2. The third-order valence-corrected chi connectivity index (χ3v) is 4.49. The molecule has 0 aliphatic carbocycles. The maximum atomic E-state index is 13.2. The van der Waals surface area contributed by atoms with E-state index in [0.29, 0.717) is 18.6 Å². The Morgan fingerprint density at radius 1 is 1.48 bits per heavy atom. The van der Waals surface area contributed by atoms with Crippen molar-refractivity contribution in [1.82, 2.24) is 4.72 Å². The Bertz CT molecular complexity index is 603. The molecule has 1 atom stereocenters. The normalized spacial score (nSPS) is 13.1. The van der Waals surface area contributed by atoms with Crippen LogP contribution in [0.1, 0.15) is 18.4 Å². The first kappa shape index (κ1) is 17.5. The van der Waals surface area contributed by atoms with E-state index in [9.17, 15) is 17.6 Å². The number of benzene rings is 1. The number of ether oxygens (including phenoxy) is 1. The quantitative estimate of drug-likeness (QED) is 0.704. The van der Waals surface area contributed by atoms with Gasteiger partial charge in [-0.25, -0.2) is 12.8 Å². The highest BCUT2D eigenvalue weighted by Crippen LogP contribution is 2.17. The summed E-state index contributed by atoms with van der Waals surface area (Å²) in [6.07, 6.45) is 0.467. The van der Waals surface area contributed by atoms with Crippen LogP contribution >= 0.6 is 0 Å². The van der Waals surface area contributed by atoms with Gasteiger partial charge in [0, 0.05) is 13.7 Å². The fraction of sp³-hybridized carbons (Fsp3) is 0.462. The Kier molecular flexibility index (Phi) is 6.25. The summed E-state index contributed by atoms with van der Waals surface area (Å²) in [5, 5.41) is 9.06. The molecule has 0 aromatic heterocycles. The second-order valence-electron chi connectivity index (χ2n) is 4.56. The van der Waals surface area contributed by atoms with E-state index in [1.807, 2.05) is 0 Å². The predicted molar refractivity (Wildman–Crippen MR) is 74.0 cm³/mol. The van der Waals surface area contributed by atoms with Gasteiger partial charge in [-0.3, -0.25) is 4.79 Å². The van der Waals surface area contributed by atoms with Crippen LogP contribution in [0.15, 0.2) is 23.1 Å². The topological polar surface area (TPSA) is 92.7 Å². The summed E-state index contributed by atoms with van der Waals surface area (Å²) in [7, 11) is -2.64. The van der Waals surface area contributed by atoms with Crippen LogP contribution in [0, 0.1) is 12.7 Å². The summed E-state index contributed by atoms with van der Waals surface area (Å²) in [5.41, 5.74) is 0.338. The fourth-order valence-electron chi connectivity index (χ4n) is 1.78. The van der Waals surface area contributed by atoms with E-state index in [1.54, 1.807) is 0 Å². The van der Waals surface area contributed by atoms with E-state index >= 15 is 0 Å². The number of hydrogen-bond acceptors (Lipinski definition) is 4.